The molecule has 1 amide bonds. The van der Waals surface area contributed by atoms with Crippen molar-refractivity contribution < 1.29 is 19.0 Å². The molecule has 0 bridgehead atoms. The van der Waals surface area contributed by atoms with Gasteiger partial charge in [0, 0.05) is 6.54 Å². The zero-order chi connectivity index (χ0) is 18.8. The molecule has 0 spiro atoms. The van der Waals surface area contributed by atoms with Gasteiger partial charge in [-0.1, -0.05) is 24.3 Å². The van der Waals surface area contributed by atoms with E-state index in [1.165, 1.54) is 0 Å². The first-order chi connectivity index (χ1) is 12.6. The van der Waals surface area contributed by atoms with Crippen LogP contribution in [0.15, 0.2) is 42.5 Å². The molecule has 0 aliphatic heterocycles. The molecule has 5 heteroatoms. The molecule has 0 heterocycles. The number of benzene rings is 2. The first-order valence-electron chi connectivity index (χ1n) is 8.97. The summed E-state index contributed by atoms with van der Waals surface area (Å²) in [5.74, 6) is 2.08. The number of hydrogen-bond acceptors (Lipinski definition) is 4. The average molecular weight is 357 g/mol. The van der Waals surface area contributed by atoms with Crippen LogP contribution in [0, 0.1) is 6.92 Å². The standard InChI is InChI=1S/C21H27NO4/c1-4-24-19-11-10-17(14-20(19)25-5-2)12-13-22-21(23)15-26-18-9-7-6-8-16(18)3/h6-11,14H,4-5,12-13,15H2,1-3H3,(H,22,23). The van der Waals surface area contributed by atoms with Gasteiger partial charge in [-0.3, -0.25) is 4.79 Å². The second-order valence-corrected chi connectivity index (χ2v) is 5.80. The minimum atomic E-state index is -0.135. The fourth-order valence-electron chi connectivity index (χ4n) is 2.51. The molecule has 0 saturated heterocycles. The quantitative estimate of drug-likeness (QED) is 0.707. The Kier molecular flexibility index (Phi) is 7.80. The Morgan fingerprint density at radius 2 is 1.65 bits per heavy atom. The van der Waals surface area contributed by atoms with Gasteiger partial charge in [0.1, 0.15) is 5.75 Å². The van der Waals surface area contributed by atoms with Crippen molar-refractivity contribution in [1.29, 1.82) is 0 Å². The molecule has 2 aromatic rings. The van der Waals surface area contributed by atoms with E-state index in [0.29, 0.717) is 26.2 Å². The van der Waals surface area contributed by atoms with Crippen molar-refractivity contribution in [3.05, 3.63) is 53.6 Å². The predicted octanol–water partition coefficient (Wildman–Crippen LogP) is 3.53. The number of para-hydroxylation sites is 1. The predicted molar refractivity (Wildman–Crippen MR) is 102 cm³/mol. The second kappa shape index (κ2) is 10.3. The van der Waals surface area contributed by atoms with Crippen molar-refractivity contribution in [3.63, 3.8) is 0 Å². The van der Waals surface area contributed by atoms with Crippen LogP contribution in [0.5, 0.6) is 17.2 Å². The zero-order valence-electron chi connectivity index (χ0n) is 15.7. The Bertz CT molecular complexity index is 715. The minimum absolute atomic E-state index is 0.0122. The maximum absolute atomic E-state index is 11.9. The summed E-state index contributed by atoms with van der Waals surface area (Å²) in [7, 11) is 0. The fourth-order valence-corrected chi connectivity index (χ4v) is 2.51. The lowest BCUT2D eigenvalue weighted by molar-refractivity contribution is -0.123. The van der Waals surface area contributed by atoms with E-state index in [1.807, 2.05) is 63.2 Å². The molecule has 26 heavy (non-hydrogen) atoms. The summed E-state index contributed by atoms with van der Waals surface area (Å²) in [6.45, 7) is 7.56. The topological polar surface area (TPSA) is 56.8 Å². The third-order valence-electron chi connectivity index (χ3n) is 3.80. The highest BCUT2D eigenvalue weighted by molar-refractivity contribution is 5.77. The number of rotatable bonds is 10. The molecule has 0 atom stereocenters. The Morgan fingerprint density at radius 1 is 0.923 bits per heavy atom. The van der Waals surface area contributed by atoms with Gasteiger partial charge in [0.2, 0.25) is 0 Å². The summed E-state index contributed by atoms with van der Waals surface area (Å²) < 4.78 is 16.7. The Balaban J connectivity index is 1.80. The average Bonchev–Trinajstić information content (AvgIpc) is 2.63. The SMILES string of the molecule is CCOc1ccc(CCNC(=O)COc2ccccc2C)cc1OCC. The molecule has 0 aliphatic rings. The van der Waals surface area contributed by atoms with Gasteiger partial charge in [0.25, 0.3) is 5.91 Å². The molecule has 5 nitrogen and oxygen atoms in total. The third kappa shape index (κ3) is 5.99. The van der Waals surface area contributed by atoms with E-state index in [9.17, 15) is 4.79 Å². The van der Waals surface area contributed by atoms with Crippen LogP contribution in [-0.2, 0) is 11.2 Å². The lowest BCUT2D eigenvalue weighted by atomic mass is 10.1. The number of carbonyl (C=O) groups excluding carboxylic acids is 1. The monoisotopic (exact) mass is 357 g/mol. The molecule has 0 unspecified atom stereocenters. The van der Waals surface area contributed by atoms with Gasteiger partial charge in [-0.15, -0.1) is 0 Å². The first-order valence-corrected chi connectivity index (χ1v) is 8.97. The van der Waals surface area contributed by atoms with E-state index >= 15 is 0 Å². The smallest absolute Gasteiger partial charge is 0.257 e. The third-order valence-corrected chi connectivity index (χ3v) is 3.80. The van der Waals surface area contributed by atoms with E-state index < -0.39 is 0 Å². The van der Waals surface area contributed by atoms with Crippen LogP contribution in [0.25, 0.3) is 0 Å². The highest BCUT2D eigenvalue weighted by Gasteiger charge is 2.07. The van der Waals surface area contributed by atoms with Crippen molar-refractivity contribution in [3.8, 4) is 17.2 Å². The summed E-state index contributed by atoms with van der Waals surface area (Å²) in [6, 6.07) is 13.5. The second-order valence-electron chi connectivity index (χ2n) is 5.80. The number of nitrogens with one attached hydrogen (secondary N) is 1. The highest BCUT2D eigenvalue weighted by Crippen LogP contribution is 2.28. The van der Waals surface area contributed by atoms with Gasteiger partial charge in [-0.05, 0) is 56.5 Å². The number of amides is 1. The van der Waals surface area contributed by atoms with Crippen molar-refractivity contribution >= 4 is 5.91 Å². The van der Waals surface area contributed by atoms with E-state index in [2.05, 4.69) is 5.32 Å². The molecule has 0 fully saturated rings. The van der Waals surface area contributed by atoms with Gasteiger partial charge in [-0.25, -0.2) is 0 Å². The molecule has 2 aromatic carbocycles. The number of ether oxygens (including phenoxy) is 3. The Morgan fingerprint density at radius 3 is 2.38 bits per heavy atom. The summed E-state index contributed by atoms with van der Waals surface area (Å²) in [4.78, 5) is 11.9. The van der Waals surface area contributed by atoms with Gasteiger partial charge in [0.05, 0.1) is 13.2 Å². The van der Waals surface area contributed by atoms with Gasteiger partial charge in [0.15, 0.2) is 18.1 Å². The fraction of sp³-hybridized carbons (Fsp3) is 0.381. The highest BCUT2D eigenvalue weighted by atomic mass is 16.5. The zero-order valence-corrected chi connectivity index (χ0v) is 15.7. The van der Waals surface area contributed by atoms with Crippen LogP contribution in [0.2, 0.25) is 0 Å². The molecule has 0 aliphatic carbocycles. The lowest BCUT2D eigenvalue weighted by Crippen LogP contribution is -2.30. The summed E-state index contributed by atoms with van der Waals surface area (Å²) in [6.07, 6.45) is 0.711. The van der Waals surface area contributed by atoms with Crippen molar-refractivity contribution in [2.45, 2.75) is 27.2 Å². The molecule has 0 radical (unpaired) electrons. The molecule has 140 valence electrons. The molecule has 2 rings (SSSR count). The number of hydrogen-bond donors (Lipinski definition) is 1. The van der Waals surface area contributed by atoms with Gasteiger partial charge < -0.3 is 19.5 Å². The largest absolute Gasteiger partial charge is 0.490 e. The maximum Gasteiger partial charge on any atom is 0.257 e. The molecule has 0 saturated carbocycles. The molecular weight excluding hydrogens is 330 g/mol. The van der Waals surface area contributed by atoms with E-state index in [4.69, 9.17) is 14.2 Å². The van der Waals surface area contributed by atoms with Crippen molar-refractivity contribution in [1.82, 2.24) is 5.32 Å². The van der Waals surface area contributed by atoms with E-state index in [0.717, 1.165) is 28.4 Å². The van der Waals surface area contributed by atoms with Crippen molar-refractivity contribution in [2.24, 2.45) is 0 Å². The van der Waals surface area contributed by atoms with E-state index in [-0.39, 0.29) is 12.5 Å². The normalized spacial score (nSPS) is 10.3. The maximum atomic E-state index is 11.9. The number of carbonyl (C=O) groups is 1. The summed E-state index contributed by atoms with van der Waals surface area (Å²) in [5, 5.41) is 2.88. The van der Waals surface area contributed by atoms with Crippen LogP contribution in [0.4, 0.5) is 0 Å². The van der Waals surface area contributed by atoms with Crippen LogP contribution in [0.3, 0.4) is 0 Å². The van der Waals surface area contributed by atoms with Crippen LogP contribution < -0.4 is 19.5 Å². The molecular formula is C21H27NO4. The molecule has 1 N–H and O–H groups in total. The summed E-state index contributed by atoms with van der Waals surface area (Å²) >= 11 is 0. The van der Waals surface area contributed by atoms with Gasteiger partial charge in [-0.2, -0.15) is 0 Å². The van der Waals surface area contributed by atoms with Gasteiger partial charge >= 0.3 is 0 Å². The lowest BCUT2D eigenvalue weighted by Gasteiger charge is -2.13. The summed E-state index contributed by atoms with van der Waals surface area (Å²) in [5.41, 5.74) is 2.09. The minimum Gasteiger partial charge on any atom is -0.490 e. The Labute approximate surface area is 155 Å². The van der Waals surface area contributed by atoms with Crippen molar-refractivity contribution in [2.75, 3.05) is 26.4 Å². The first kappa shape index (κ1) is 19.6. The molecule has 0 aromatic heterocycles. The Hall–Kier alpha value is -2.69. The van der Waals surface area contributed by atoms with E-state index in [1.54, 1.807) is 0 Å². The van der Waals surface area contributed by atoms with Crippen LogP contribution in [0.1, 0.15) is 25.0 Å². The van der Waals surface area contributed by atoms with Crippen LogP contribution >= 0.6 is 0 Å². The number of aryl methyl sites for hydroxylation is 1. The van der Waals surface area contributed by atoms with Crippen LogP contribution in [-0.4, -0.2) is 32.3 Å².